The summed E-state index contributed by atoms with van der Waals surface area (Å²) in [7, 11) is 0.745. The largest absolute Gasteiger partial charge is 0.291 e. The zero-order valence-corrected chi connectivity index (χ0v) is 24.6. The van der Waals surface area contributed by atoms with E-state index in [1.165, 1.54) is 30.5 Å². The van der Waals surface area contributed by atoms with E-state index in [2.05, 4.69) is 27.1 Å². The molecule has 42 heavy (non-hydrogen) atoms. The van der Waals surface area contributed by atoms with Gasteiger partial charge in [0.2, 0.25) is 0 Å². The Morgan fingerprint density at radius 3 is 2.57 bits per heavy atom. The minimum Gasteiger partial charge on any atom is -0.291 e. The van der Waals surface area contributed by atoms with Crippen molar-refractivity contribution in [1.82, 2.24) is 28.9 Å². The van der Waals surface area contributed by atoms with Gasteiger partial charge in [0.05, 0.1) is 32.7 Å². The maximum atomic E-state index is 14.6. The molecule has 2 fully saturated rings. The molecule has 2 saturated carbocycles. The zero-order chi connectivity index (χ0) is 29.2. The number of rotatable bonds is 7. The predicted octanol–water partition coefficient (Wildman–Crippen LogP) is 5.00. The Kier molecular flexibility index (Phi) is 6.32. The number of Topliss-reactive ketones (excluding diaryl/α,β-unsaturated/α-hetero) is 1. The molecule has 8 nitrogen and oxygen atoms in total. The third-order valence-corrected chi connectivity index (χ3v) is 11.3. The number of hydrogen-bond acceptors (Lipinski definition) is 5. The molecule has 0 aliphatic heterocycles. The molecule has 0 amide bonds. The van der Waals surface area contributed by atoms with Crippen molar-refractivity contribution in [2.45, 2.75) is 55.5 Å². The van der Waals surface area contributed by atoms with E-state index in [0.29, 0.717) is 42.3 Å². The lowest BCUT2D eigenvalue weighted by molar-refractivity contribution is 0.0749. The molecular formula is C32H33FN6O2S. The first-order valence-electron chi connectivity index (χ1n) is 14.3. The fourth-order valence-corrected chi connectivity index (χ4v) is 8.06. The Bertz CT molecular complexity index is 1820. The average Bonchev–Trinajstić information content (AvgIpc) is 3.63. The summed E-state index contributed by atoms with van der Waals surface area (Å²) in [6.45, 7) is 0. The SMILES string of the molecule is C=S(=O)(c1ccn(C)n1)N(C)[C@H]1CCC2=Cc3c(cnn3-c3ccc(F)cc3)C[C@]2(C(=O)c2ccc(C3CC3)cn2)C1. The molecule has 216 valence electrons. The molecule has 0 saturated heterocycles. The van der Waals surface area contributed by atoms with Gasteiger partial charge >= 0.3 is 0 Å². The number of aromatic nitrogens is 5. The standard InChI is InChI=1S/C32H33FN6O2S/c1-37-15-14-30(36-37)42(3,41)38(2)27-10-7-24-16-29-23(20-35-39(29)26-11-8-25(33)9-12-26)17-32(24,18-27)31(40)28-13-6-22(19-34-28)21-4-5-21/h6,8-9,11-16,19-21,27H,3-5,7,10,17-18H2,1-2H3/t27-,32-,42?/m0/s1. The molecule has 7 rings (SSSR count). The van der Waals surface area contributed by atoms with Crippen LogP contribution in [0.5, 0.6) is 0 Å². The van der Waals surface area contributed by atoms with E-state index in [0.717, 1.165) is 22.5 Å². The van der Waals surface area contributed by atoms with Gasteiger partial charge in [-0.05, 0) is 111 Å². The van der Waals surface area contributed by atoms with E-state index in [-0.39, 0.29) is 17.6 Å². The highest BCUT2D eigenvalue weighted by Gasteiger charge is 2.51. The van der Waals surface area contributed by atoms with Crippen molar-refractivity contribution in [1.29, 1.82) is 0 Å². The summed E-state index contributed by atoms with van der Waals surface area (Å²) in [6.07, 6.45) is 12.1. The Morgan fingerprint density at radius 1 is 1.12 bits per heavy atom. The smallest absolute Gasteiger partial charge is 0.191 e. The number of fused-ring (bicyclic) bond motifs is 2. The summed E-state index contributed by atoms with van der Waals surface area (Å²) in [5.41, 5.74) is 4.38. The van der Waals surface area contributed by atoms with Crippen LogP contribution in [0.4, 0.5) is 4.39 Å². The average molecular weight is 585 g/mol. The van der Waals surface area contributed by atoms with Crippen molar-refractivity contribution >= 4 is 27.4 Å². The number of pyridine rings is 1. The van der Waals surface area contributed by atoms with Crippen LogP contribution in [0, 0.1) is 11.2 Å². The van der Waals surface area contributed by atoms with Crippen LogP contribution in [-0.2, 0) is 23.2 Å². The lowest BCUT2D eigenvalue weighted by Gasteiger charge is -2.46. The van der Waals surface area contributed by atoms with Crippen LogP contribution in [0.1, 0.15) is 65.3 Å². The van der Waals surface area contributed by atoms with Crippen LogP contribution >= 0.6 is 0 Å². The second-order valence-corrected chi connectivity index (χ2v) is 14.1. The van der Waals surface area contributed by atoms with Gasteiger partial charge in [0.1, 0.15) is 11.5 Å². The summed E-state index contributed by atoms with van der Waals surface area (Å²) in [5.74, 6) is 4.31. The van der Waals surface area contributed by atoms with Gasteiger partial charge in [0, 0.05) is 25.5 Å². The number of carbonyl (C=O) groups is 1. The molecule has 1 aromatic carbocycles. The number of hydrogen-bond donors (Lipinski definition) is 0. The molecule has 3 aromatic heterocycles. The Morgan fingerprint density at radius 2 is 1.90 bits per heavy atom. The van der Waals surface area contributed by atoms with E-state index in [1.807, 2.05) is 29.7 Å². The summed E-state index contributed by atoms with van der Waals surface area (Å²) in [4.78, 5) is 19.2. The Hall–Kier alpha value is -3.89. The minimum atomic E-state index is -2.87. The predicted molar refractivity (Wildman–Crippen MR) is 160 cm³/mol. The monoisotopic (exact) mass is 584 g/mol. The van der Waals surface area contributed by atoms with Gasteiger partial charge in [-0.15, -0.1) is 0 Å². The van der Waals surface area contributed by atoms with Gasteiger partial charge < -0.3 is 0 Å². The van der Waals surface area contributed by atoms with Crippen LogP contribution in [0.3, 0.4) is 0 Å². The van der Waals surface area contributed by atoms with Crippen LogP contribution in [-0.4, -0.2) is 57.8 Å². The molecule has 3 atom stereocenters. The maximum Gasteiger partial charge on any atom is 0.191 e. The Balaban J connectivity index is 1.28. The molecule has 3 aliphatic rings. The zero-order valence-electron chi connectivity index (χ0n) is 23.7. The van der Waals surface area contributed by atoms with E-state index in [1.54, 1.807) is 47.0 Å². The van der Waals surface area contributed by atoms with Gasteiger partial charge in [-0.1, -0.05) is 11.6 Å². The van der Waals surface area contributed by atoms with Crippen molar-refractivity contribution in [3.63, 3.8) is 0 Å². The highest BCUT2D eigenvalue weighted by Crippen LogP contribution is 2.51. The number of allylic oxidation sites excluding steroid dienone is 1. The molecule has 3 aliphatic carbocycles. The summed E-state index contributed by atoms with van der Waals surface area (Å²) in [5, 5.41) is 9.45. The van der Waals surface area contributed by atoms with Crippen molar-refractivity contribution in [2.75, 3.05) is 7.05 Å². The second-order valence-electron chi connectivity index (χ2n) is 11.9. The molecular weight excluding hydrogens is 551 g/mol. The van der Waals surface area contributed by atoms with E-state index < -0.39 is 15.1 Å². The lowest BCUT2D eigenvalue weighted by Crippen LogP contribution is -2.49. The van der Waals surface area contributed by atoms with Crippen LogP contribution in [0.2, 0.25) is 0 Å². The van der Waals surface area contributed by atoms with Crippen LogP contribution < -0.4 is 0 Å². The normalized spacial score (nSPS) is 23.1. The number of aryl methyl sites for hydroxylation is 1. The molecule has 0 N–H and O–H groups in total. The topological polar surface area (TPSA) is 85.9 Å². The van der Waals surface area contributed by atoms with E-state index in [4.69, 9.17) is 0 Å². The number of benzene rings is 1. The number of ketones is 1. The van der Waals surface area contributed by atoms with Gasteiger partial charge in [-0.3, -0.25) is 14.5 Å². The van der Waals surface area contributed by atoms with Crippen molar-refractivity contribution in [2.24, 2.45) is 12.5 Å². The lowest BCUT2D eigenvalue weighted by atomic mass is 9.60. The van der Waals surface area contributed by atoms with Crippen molar-refractivity contribution < 1.29 is 13.4 Å². The van der Waals surface area contributed by atoms with E-state index >= 15 is 0 Å². The second kappa shape index (κ2) is 9.84. The third-order valence-electron chi connectivity index (χ3n) is 9.20. The highest BCUT2D eigenvalue weighted by molar-refractivity contribution is 7.98. The van der Waals surface area contributed by atoms with Crippen LogP contribution in [0.25, 0.3) is 11.8 Å². The van der Waals surface area contributed by atoms with Gasteiger partial charge in [-0.25, -0.2) is 17.6 Å². The third kappa shape index (κ3) is 4.44. The number of nitrogens with zero attached hydrogens (tertiary/aromatic N) is 6. The molecule has 0 radical (unpaired) electrons. The fourth-order valence-electron chi connectivity index (χ4n) is 6.58. The highest BCUT2D eigenvalue weighted by atomic mass is 32.2. The summed E-state index contributed by atoms with van der Waals surface area (Å²) < 4.78 is 32.9. The molecule has 0 spiro atoms. The quantitative estimate of drug-likeness (QED) is 0.225. The minimum absolute atomic E-state index is 0.0252. The Labute approximate surface area is 245 Å². The first-order valence-corrected chi connectivity index (χ1v) is 16.0. The molecule has 3 heterocycles. The van der Waals surface area contributed by atoms with Gasteiger partial charge in [0.15, 0.2) is 10.8 Å². The summed E-state index contributed by atoms with van der Waals surface area (Å²) >= 11 is 0. The first kappa shape index (κ1) is 27.0. The van der Waals surface area contributed by atoms with Gasteiger partial charge in [-0.2, -0.15) is 10.2 Å². The van der Waals surface area contributed by atoms with E-state index in [9.17, 15) is 13.4 Å². The van der Waals surface area contributed by atoms with Crippen molar-refractivity contribution in [3.05, 3.63) is 95.0 Å². The van der Waals surface area contributed by atoms with Gasteiger partial charge in [0.25, 0.3) is 0 Å². The first-order chi connectivity index (χ1) is 20.2. The fraction of sp³-hybridized carbons (Fsp3) is 0.344. The number of halogens is 1. The van der Waals surface area contributed by atoms with Crippen molar-refractivity contribution in [3.8, 4) is 5.69 Å². The summed E-state index contributed by atoms with van der Waals surface area (Å²) in [6, 6.07) is 11.7. The van der Waals surface area contributed by atoms with Crippen LogP contribution in [0.15, 0.2) is 71.7 Å². The molecule has 4 aromatic rings. The maximum absolute atomic E-state index is 14.6. The molecule has 1 unspecified atom stereocenters. The number of carbonyl (C=O) groups excluding carboxylic acids is 1. The molecule has 0 bridgehead atoms. The molecule has 10 heteroatoms.